The Morgan fingerprint density at radius 1 is 1.26 bits per heavy atom. The van der Waals surface area contributed by atoms with Crippen molar-refractivity contribution in [3.05, 3.63) is 53.5 Å². The van der Waals surface area contributed by atoms with Gasteiger partial charge in [0.1, 0.15) is 6.33 Å². The number of ketones is 1. The van der Waals surface area contributed by atoms with Gasteiger partial charge in [-0.25, -0.2) is 9.50 Å². The molecule has 0 N–H and O–H groups in total. The van der Waals surface area contributed by atoms with Crippen LogP contribution in [0.25, 0.3) is 16.8 Å². The highest BCUT2D eigenvalue weighted by Gasteiger charge is 2.31. The summed E-state index contributed by atoms with van der Waals surface area (Å²) >= 11 is 0. The van der Waals surface area contributed by atoms with E-state index >= 15 is 0 Å². The molecule has 0 aliphatic heterocycles. The van der Waals surface area contributed by atoms with Crippen molar-refractivity contribution in [3.63, 3.8) is 0 Å². The van der Waals surface area contributed by atoms with Crippen molar-refractivity contribution in [1.82, 2.24) is 14.6 Å². The van der Waals surface area contributed by atoms with Crippen LogP contribution in [-0.2, 0) is 6.18 Å². The summed E-state index contributed by atoms with van der Waals surface area (Å²) in [6, 6.07) is 4.97. The van der Waals surface area contributed by atoms with E-state index < -0.39 is 11.7 Å². The molecule has 0 fully saturated rings. The number of nitrogens with zero attached hydrogens (tertiary/aromatic N) is 3. The Kier molecular flexibility index (Phi) is 3.43. The number of hydrogen-bond donors (Lipinski definition) is 0. The molecule has 3 aromatic rings. The zero-order valence-electron chi connectivity index (χ0n) is 12.3. The highest BCUT2D eigenvalue weighted by molar-refractivity contribution is 5.99. The first-order chi connectivity index (χ1) is 10.8. The van der Waals surface area contributed by atoms with Crippen LogP contribution in [-0.4, -0.2) is 20.4 Å². The summed E-state index contributed by atoms with van der Waals surface area (Å²) in [6.45, 7) is 3.10. The van der Waals surface area contributed by atoms with Crippen LogP contribution in [0, 0.1) is 6.92 Å². The van der Waals surface area contributed by atoms with E-state index in [0.29, 0.717) is 27.9 Å². The Balaban J connectivity index is 2.34. The summed E-state index contributed by atoms with van der Waals surface area (Å²) in [5.74, 6) is -0.187. The highest BCUT2D eigenvalue weighted by atomic mass is 19.4. The molecule has 3 rings (SSSR count). The van der Waals surface area contributed by atoms with Crippen molar-refractivity contribution < 1.29 is 18.0 Å². The average Bonchev–Trinajstić information content (AvgIpc) is 2.93. The van der Waals surface area contributed by atoms with Crippen molar-refractivity contribution in [2.45, 2.75) is 20.0 Å². The molecule has 23 heavy (non-hydrogen) atoms. The van der Waals surface area contributed by atoms with Gasteiger partial charge in [0.2, 0.25) is 0 Å². The first kappa shape index (κ1) is 15.2. The molecule has 1 aromatic carbocycles. The lowest BCUT2D eigenvalue weighted by Crippen LogP contribution is -2.06. The number of carbonyl (C=O) groups is 1. The average molecular weight is 319 g/mol. The van der Waals surface area contributed by atoms with Crippen LogP contribution >= 0.6 is 0 Å². The fraction of sp³-hybridized carbons (Fsp3) is 0.188. The molecule has 0 amide bonds. The first-order valence-electron chi connectivity index (χ1n) is 6.80. The Hall–Kier alpha value is -2.70. The van der Waals surface area contributed by atoms with Crippen molar-refractivity contribution in [3.8, 4) is 11.1 Å². The van der Waals surface area contributed by atoms with Gasteiger partial charge in [0.25, 0.3) is 0 Å². The third-order valence-corrected chi connectivity index (χ3v) is 3.68. The molecule has 0 atom stereocenters. The fourth-order valence-electron chi connectivity index (χ4n) is 2.60. The minimum absolute atomic E-state index is 0.187. The second-order valence-electron chi connectivity index (χ2n) is 5.21. The first-order valence-corrected chi connectivity index (χ1v) is 6.80. The van der Waals surface area contributed by atoms with Crippen LogP contribution in [0.1, 0.15) is 28.4 Å². The zero-order chi connectivity index (χ0) is 16.8. The van der Waals surface area contributed by atoms with Crippen molar-refractivity contribution in [1.29, 1.82) is 0 Å². The van der Waals surface area contributed by atoms with Crippen LogP contribution in [0.4, 0.5) is 13.2 Å². The molecule has 0 bridgehead atoms. The van der Waals surface area contributed by atoms with E-state index in [1.807, 2.05) is 0 Å². The van der Waals surface area contributed by atoms with Gasteiger partial charge in [-0.1, -0.05) is 12.1 Å². The van der Waals surface area contributed by atoms with Crippen LogP contribution in [0.15, 0.2) is 36.8 Å². The Morgan fingerprint density at radius 2 is 2.00 bits per heavy atom. The molecular weight excluding hydrogens is 307 g/mol. The van der Waals surface area contributed by atoms with E-state index in [-0.39, 0.29) is 5.78 Å². The number of aromatic nitrogens is 3. The monoisotopic (exact) mass is 319 g/mol. The maximum absolute atomic E-state index is 13.0. The molecule has 0 aliphatic rings. The summed E-state index contributed by atoms with van der Waals surface area (Å²) in [7, 11) is 0. The van der Waals surface area contributed by atoms with Gasteiger partial charge >= 0.3 is 6.18 Å². The number of carbonyl (C=O) groups excluding carboxylic acids is 1. The number of hydrogen-bond acceptors (Lipinski definition) is 3. The van der Waals surface area contributed by atoms with Crippen molar-refractivity contribution in [2.75, 3.05) is 0 Å². The maximum atomic E-state index is 13.0. The summed E-state index contributed by atoms with van der Waals surface area (Å²) in [5.41, 5.74) is 1.46. The van der Waals surface area contributed by atoms with Gasteiger partial charge in [0, 0.05) is 17.3 Å². The maximum Gasteiger partial charge on any atom is 0.416 e. The Labute approximate surface area is 129 Å². The van der Waals surface area contributed by atoms with Crippen molar-refractivity contribution >= 4 is 11.4 Å². The van der Waals surface area contributed by atoms with E-state index in [2.05, 4.69) is 10.1 Å². The quantitative estimate of drug-likeness (QED) is 0.673. The van der Waals surface area contributed by atoms with Gasteiger partial charge < -0.3 is 0 Å². The number of pyridine rings is 1. The molecule has 0 spiro atoms. The molecule has 0 saturated heterocycles. The smallest absolute Gasteiger partial charge is 0.294 e. The lowest BCUT2D eigenvalue weighted by atomic mass is 9.96. The topological polar surface area (TPSA) is 47.3 Å². The van der Waals surface area contributed by atoms with E-state index in [9.17, 15) is 18.0 Å². The number of halogens is 3. The molecule has 2 aromatic heterocycles. The van der Waals surface area contributed by atoms with E-state index in [4.69, 9.17) is 0 Å². The van der Waals surface area contributed by atoms with Crippen LogP contribution in [0.2, 0.25) is 0 Å². The van der Waals surface area contributed by atoms with Crippen LogP contribution in [0.3, 0.4) is 0 Å². The number of Topliss-reactive ketones (excluding diaryl/α,β-unsaturated/α-hetero) is 1. The molecule has 2 heterocycles. The number of benzene rings is 1. The predicted molar refractivity (Wildman–Crippen MR) is 78.2 cm³/mol. The third kappa shape index (κ3) is 2.58. The van der Waals surface area contributed by atoms with E-state index in [1.165, 1.54) is 30.0 Å². The zero-order valence-corrected chi connectivity index (χ0v) is 12.3. The van der Waals surface area contributed by atoms with Gasteiger partial charge in [-0.05, 0) is 37.1 Å². The number of alkyl halides is 3. The second kappa shape index (κ2) is 5.19. The molecule has 118 valence electrons. The van der Waals surface area contributed by atoms with Crippen LogP contribution in [0.5, 0.6) is 0 Å². The lowest BCUT2D eigenvalue weighted by molar-refractivity contribution is -0.137. The highest BCUT2D eigenvalue weighted by Crippen LogP contribution is 2.35. The molecule has 0 aliphatic carbocycles. The van der Waals surface area contributed by atoms with Gasteiger partial charge in [-0.3, -0.25) is 4.79 Å². The molecule has 4 nitrogen and oxygen atoms in total. The minimum atomic E-state index is -4.44. The normalized spacial score (nSPS) is 11.9. The summed E-state index contributed by atoms with van der Waals surface area (Å²) in [6.07, 6.45) is -1.60. The standard InChI is InChI=1S/C16H12F3N3O/c1-9-13(10(2)23)7-22-15(20-8-21-22)14(9)11-4-3-5-12(6-11)16(17,18)19/h3-8H,1-2H3. The van der Waals surface area contributed by atoms with Gasteiger partial charge in [-0.2, -0.15) is 18.3 Å². The summed E-state index contributed by atoms with van der Waals surface area (Å²) in [4.78, 5) is 15.9. The van der Waals surface area contributed by atoms with Crippen molar-refractivity contribution in [2.24, 2.45) is 0 Å². The van der Waals surface area contributed by atoms with Gasteiger partial charge in [-0.15, -0.1) is 0 Å². The molecule has 7 heteroatoms. The SMILES string of the molecule is CC(=O)c1cn2ncnc2c(-c2cccc(C(F)(F)F)c2)c1C. The summed E-state index contributed by atoms with van der Waals surface area (Å²) in [5, 5.41) is 3.99. The summed E-state index contributed by atoms with van der Waals surface area (Å²) < 4.78 is 40.3. The molecule has 0 radical (unpaired) electrons. The van der Waals surface area contributed by atoms with Crippen LogP contribution < -0.4 is 0 Å². The van der Waals surface area contributed by atoms with Gasteiger partial charge in [0.15, 0.2) is 11.4 Å². The number of rotatable bonds is 2. The van der Waals surface area contributed by atoms with E-state index in [0.717, 1.165) is 12.1 Å². The fourth-order valence-corrected chi connectivity index (χ4v) is 2.60. The number of fused-ring (bicyclic) bond motifs is 1. The Morgan fingerprint density at radius 3 is 2.65 bits per heavy atom. The molecular formula is C16H12F3N3O. The van der Waals surface area contributed by atoms with E-state index in [1.54, 1.807) is 13.0 Å². The third-order valence-electron chi connectivity index (χ3n) is 3.68. The molecule has 0 unspecified atom stereocenters. The van der Waals surface area contributed by atoms with Gasteiger partial charge in [0.05, 0.1) is 5.56 Å². The molecule has 0 saturated carbocycles. The largest absolute Gasteiger partial charge is 0.416 e. The predicted octanol–water partition coefficient (Wildman–Crippen LogP) is 3.93. The Bertz CT molecular complexity index is 913. The minimum Gasteiger partial charge on any atom is -0.294 e. The lowest BCUT2D eigenvalue weighted by Gasteiger charge is -2.13. The second-order valence-corrected chi connectivity index (χ2v) is 5.21.